The summed E-state index contributed by atoms with van der Waals surface area (Å²) in [5.74, 6) is 0. The molecule has 0 saturated heterocycles. The van der Waals surface area contributed by atoms with Crippen molar-refractivity contribution in [3.63, 3.8) is 0 Å². The van der Waals surface area contributed by atoms with Gasteiger partial charge in [-0.05, 0) is 44.1 Å². The van der Waals surface area contributed by atoms with Gasteiger partial charge in [-0.3, -0.25) is 0 Å². The van der Waals surface area contributed by atoms with E-state index in [1.807, 2.05) is 0 Å². The number of rotatable bonds is 0. The van der Waals surface area contributed by atoms with Gasteiger partial charge >= 0.3 is 11.7 Å². The maximum absolute atomic E-state index is 11.2. The molecule has 5 nitrogen and oxygen atoms in total. The van der Waals surface area contributed by atoms with Crippen molar-refractivity contribution in [2.75, 3.05) is 0 Å². The number of nitrogens with two attached hydrogens (primary N) is 1. The van der Waals surface area contributed by atoms with Crippen LogP contribution in [0.4, 0.5) is 4.79 Å². The molecule has 19 heavy (non-hydrogen) atoms. The number of thiophene rings is 1. The largest absolute Gasteiger partial charge is 0.361 e. The van der Waals surface area contributed by atoms with E-state index in [9.17, 15) is 9.59 Å². The first-order valence-electron chi connectivity index (χ1n) is 6.13. The van der Waals surface area contributed by atoms with Crippen molar-refractivity contribution < 1.29 is 9.32 Å². The first-order valence-corrected chi connectivity index (χ1v) is 7.01. The lowest BCUT2D eigenvalue weighted by molar-refractivity contribution is 0.213. The molecule has 0 atom stereocenters. The minimum Gasteiger partial charge on any atom is -0.349 e. The number of primary amides is 1. The Morgan fingerprint density at radius 2 is 2.16 bits per heavy atom. The van der Waals surface area contributed by atoms with Crippen molar-refractivity contribution in [3.05, 3.63) is 44.1 Å². The maximum Gasteiger partial charge on any atom is 0.361 e. The van der Waals surface area contributed by atoms with Gasteiger partial charge in [0.1, 0.15) is 0 Å². The van der Waals surface area contributed by atoms with E-state index < -0.39 is 11.7 Å². The average molecular weight is 280 g/mol. The third-order valence-corrected chi connectivity index (χ3v) is 3.77. The highest BCUT2D eigenvalue weighted by Crippen LogP contribution is 2.18. The number of amides is 1. The molecule has 0 unspecified atom stereocenters. The molecule has 3 rings (SSSR count). The number of hydrogen-bond acceptors (Lipinski definition) is 4. The molecule has 0 fully saturated rings. The summed E-state index contributed by atoms with van der Waals surface area (Å²) in [5.41, 5.74) is 5.89. The molecule has 0 aliphatic heterocycles. The number of fused-ring (bicyclic) bond motifs is 1. The Morgan fingerprint density at radius 1 is 1.42 bits per heavy atom. The molecule has 0 aromatic carbocycles. The van der Waals surface area contributed by atoms with Crippen molar-refractivity contribution in [2.45, 2.75) is 32.6 Å². The molecule has 0 bridgehead atoms. The van der Waals surface area contributed by atoms with E-state index in [4.69, 9.17) is 10.3 Å². The predicted octanol–water partition coefficient (Wildman–Crippen LogP) is 2.30. The molecule has 2 N–H and O–H groups in total. The fourth-order valence-corrected chi connectivity index (χ4v) is 2.59. The minimum atomic E-state index is -0.722. The number of carbonyl (C=O) groups is 1. The Kier molecular flexibility index (Phi) is 4.21. The highest BCUT2D eigenvalue weighted by Gasteiger charge is 2.22. The van der Waals surface area contributed by atoms with Crippen molar-refractivity contribution in [1.29, 1.82) is 0 Å². The summed E-state index contributed by atoms with van der Waals surface area (Å²) in [6.45, 7) is 2.10. The Morgan fingerprint density at radius 3 is 2.68 bits per heavy atom. The zero-order chi connectivity index (χ0) is 13.8. The van der Waals surface area contributed by atoms with Crippen molar-refractivity contribution in [3.8, 4) is 0 Å². The lowest BCUT2D eigenvalue weighted by Gasteiger charge is -2.09. The summed E-state index contributed by atoms with van der Waals surface area (Å²) in [6.07, 6.45) is 3.34. The van der Waals surface area contributed by atoms with E-state index in [2.05, 4.69) is 24.4 Å². The van der Waals surface area contributed by atoms with Crippen LogP contribution in [0.1, 0.15) is 29.0 Å². The molecule has 0 spiro atoms. The lowest BCUT2D eigenvalue weighted by Crippen LogP contribution is -2.22. The Balaban J connectivity index is 0.000000186. The zero-order valence-electron chi connectivity index (χ0n) is 10.7. The molecule has 1 amide bonds. The first-order chi connectivity index (χ1) is 9.09. The SMILES string of the molecule is Cc1cccs1.NC(=O)n1oc(=O)c2c1CCCC2. The molecule has 0 radical (unpaired) electrons. The maximum atomic E-state index is 11.2. The molecule has 1 aliphatic carbocycles. The summed E-state index contributed by atoms with van der Waals surface area (Å²) >= 11 is 1.78. The Hall–Kier alpha value is -1.82. The van der Waals surface area contributed by atoms with E-state index in [1.54, 1.807) is 11.3 Å². The Labute approximate surface area is 114 Å². The van der Waals surface area contributed by atoms with Crippen LogP contribution >= 0.6 is 11.3 Å². The molecule has 2 aromatic rings. The van der Waals surface area contributed by atoms with Crippen LogP contribution in [-0.2, 0) is 12.8 Å². The summed E-state index contributed by atoms with van der Waals surface area (Å²) in [4.78, 5) is 23.4. The van der Waals surface area contributed by atoms with Crippen molar-refractivity contribution in [1.82, 2.24) is 4.74 Å². The van der Waals surface area contributed by atoms with Gasteiger partial charge in [0.15, 0.2) is 0 Å². The average Bonchev–Trinajstić information content (AvgIpc) is 2.99. The van der Waals surface area contributed by atoms with Gasteiger partial charge in [-0.2, -0.15) is 0 Å². The highest BCUT2D eigenvalue weighted by molar-refractivity contribution is 7.09. The number of hydrogen-bond donors (Lipinski definition) is 1. The van der Waals surface area contributed by atoms with Gasteiger partial charge in [0.05, 0.1) is 11.3 Å². The second-order valence-corrected chi connectivity index (χ2v) is 5.52. The molecule has 1 aliphatic rings. The monoisotopic (exact) mass is 280 g/mol. The van der Waals surface area contributed by atoms with E-state index >= 15 is 0 Å². The molecule has 0 saturated carbocycles. The molecule has 6 heteroatoms. The first kappa shape index (κ1) is 13.6. The van der Waals surface area contributed by atoms with E-state index in [-0.39, 0.29) is 0 Å². The van der Waals surface area contributed by atoms with Crippen LogP contribution in [0.3, 0.4) is 0 Å². The lowest BCUT2D eigenvalue weighted by atomic mass is 9.98. The summed E-state index contributed by atoms with van der Waals surface area (Å²) in [5, 5.41) is 2.08. The van der Waals surface area contributed by atoms with Gasteiger partial charge in [-0.15, -0.1) is 16.1 Å². The predicted molar refractivity (Wildman–Crippen MR) is 73.6 cm³/mol. The minimum absolute atomic E-state index is 0.423. The highest BCUT2D eigenvalue weighted by atomic mass is 32.1. The smallest absolute Gasteiger partial charge is 0.349 e. The van der Waals surface area contributed by atoms with Gasteiger partial charge in [0, 0.05) is 4.88 Å². The number of aromatic nitrogens is 1. The van der Waals surface area contributed by atoms with Crippen LogP contribution in [0.5, 0.6) is 0 Å². The van der Waals surface area contributed by atoms with Gasteiger partial charge < -0.3 is 10.3 Å². The van der Waals surface area contributed by atoms with Crippen LogP contribution in [-0.4, -0.2) is 10.8 Å². The summed E-state index contributed by atoms with van der Waals surface area (Å²) < 4.78 is 5.63. The van der Waals surface area contributed by atoms with Crippen LogP contribution < -0.4 is 11.4 Å². The number of nitrogens with zero attached hydrogens (tertiary/aromatic N) is 1. The van der Waals surface area contributed by atoms with Crippen molar-refractivity contribution in [2.24, 2.45) is 5.73 Å². The summed E-state index contributed by atoms with van der Waals surface area (Å²) in [6, 6.07) is 3.44. The fraction of sp³-hybridized carbons (Fsp3) is 0.385. The second kappa shape index (κ2) is 5.88. The molecular formula is C13H16N2O3S. The van der Waals surface area contributed by atoms with Crippen LogP contribution in [0.2, 0.25) is 0 Å². The standard InChI is InChI=1S/C8H10N2O3.C5H6S/c9-8(12)10-6-4-2-1-3-5(6)7(11)13-10;1-5-3-2-4-6-5/h1-4H2,(H2,9,12);2-4H,1H3. The van der Waals surface area contributed by atoms with Crippen LogP contribution in [0, 0.1) is 6.92 Å². The molecule has 2 heterocycles. The van der Waals surface area contributed by atoms with Crippen LogP contribution in [0.25, 0.3) is 0 Å². The van der Waals surface area contributed by atoms with E-state index in [1.165, 1.54) is 4.88 Å². The number of carbonyl (C=O) groups excluding carboxylic acids is 1. The van der Waals surface area contributed by atoms with Crippen LogP contribution in [0.15, 0.2) is 26.8 Å². The third kappa shape index (κ3) is 3.14. The van der Waals surface area contributed by atoms with Gasteiger partial charge in [0.25, 0.3) is 0 Å². The third-order valence-electron chi connectivity index (χ3n) is 2.97. The molecule has 2 aromatic heterocycles. The zero-order valence-corrected chi connectivity index (χ0v) is 11.5. The number of aryl methyl sites for hydroxylation is 1. The molecule has 102 valence electrons. The summed E-state index contributed by atoms with van der Waals surface area (Å²) in [7, 11) is 0. The fourth-order valence-electron chi connectivity index (χ4n) is 2.07. The van der Waals surface area contributed by atoms with Gasteiger partial charge in [0.2, 0.25) is 0 Å². The quantitative estimate of drug-likeness (QED) is 0.804. The normalized spacial score (nSPS) is 13.3. The van der Waals surface area contributed by atoms with E-state index in [0.29, 0.717) is 24.1 Å². The topological polar surface area (TPSA) is 78.2 Å². The van der Waals surface area contributed by atoms with Gasteiger partial charge in [-0.25, -0.2) is 9.59 Å². The van der Waals surface area contributed by atoms with E-state index in [0.717, 1.165) is 17.6 Å². The van der Waals surface area contributed by atoms with Crippen molar-refractivity contribution >= 4 is 17.4 Å². The molecular weight excluding hydrogens is 264 g/mol. The second-order valence-electron chi connectivity index (χ2n) is 4.37. The Bertz CT molecular complexity index is 610. The van der Waals surface area contributed by atoms with Gasteiger partial charge in [-0.1, -0.05) is 6.07 Å².